The zero-order valence-corrected chi connectivity index (χ0v) is 37.2. The standard InChI is InChI=1S/C27H22N4O5.C22H17AsN3O4/c1-2-36-19-9-6-16(7-10-19)13-24(32)29-22-5-3-4-18-14-23(30-25(18)22)26(33)31-21-11-8-17(15-28)12-20(21)27(34)35;1-22(7-8-22)21(30)23-15-4-2-3-13-10-17(25-18(13)15)19(27)26-16-6-5-12(11-24)9-14(16)20(28)29/h3-12,14,30H,2,13H2,1H3,(H,29,32)(H,31,33)(H,34,35);2-6,9-10,25H,7-8H2,1H3,(H,26,27)(H,28,29). The Morgan fingerprint density at radius 1 is 0.682 bits per heavy atom. The van der Waals surface area contributed by atoms with Crippen LogP contribution in [0.3, 0.4) is 0 Å². The van der Waals surface area contributed by atoms with Crippen molar-refractivity contribution in [1.82, 2.24) is 9.97 Å². The van der Waals surface area contributed by atoms with E-state index in [4.69, 9.17) is 15.3 Å². The van der Waals surface area contributed by atoms with Crippen LogP contribution in [0.1, 0.15) is 85.1 Å². The number of rotatable bonds is 14. The normalized spacial score (nSPS) is 12.3. The molecule has 1 aliphatic carbocycles. The molecule has 0 saturated heterocycles. The van der Waals surface area contributed by atoms with Crippen molar-refractivity contribution in [3.8, 4) is 17.9 Å². The van der Waals surface area contributed by atoms with Crippen LogP contribution in [-0.2, 0) is 16.0 Å². The van der Waals surface area contributed by atoms with Crippen molar-refractivity contribution in [1.29, 1.82) is 10.5 Å². The van der Waals surface area contributed by atoms with Gasteiger partial charge in [-0.2, -0.15) is 5.26 Å². The molecule has 7 aromatic rings. The fraction of sp³-hybridized carbons (Fsp3) is 0.143. The van der Waals surface area contributed by atoms with Gasteiger partial charge in [0.15, 0.2) is 0 Å². The molecule has 0 atom stereocenters. The first kappa shape index (κ1) is 45.6. The Balaban J connectivity index is 0.000000199. The molecule has 0 spiro atoms. The van der Waals surface area contributed by atoms with E-state index >= 15 is 0 Å². The van der Waals surface area contributed by atoms with Gasteiger partial charge >= 0.3 is 185 Å². The molecule has 66 heavy (non-hydrogen) atoms. The van der Waals surface area contributed by atoms with Gasteiger partial charge in [0.2, 0.25) is 5.91 Å². The Morgan fingerprint density at radius 2 is 1.21 bits per heavy atom. The second-order valence-electron chi connectivity index (χ2n) is 15.4. The number of benzene rings is 5. The average molecular weight is 945 g/mol. The van der Waals surface area contributed by atoms with Crippen molar-refractivity contribution in [3.63, 3.8) is 0 Å². The number of para-hydroxylation sites is 2. The summed E-state index contributed by atoms with van der Waals surface area (Å²) < 4.78 is 6.63. The summed E-state index contributed by atoms with van der Waals surface area (Å²) in [4.78, 5) is 80.0. The number of anilines is 3. The number of nitrogens with one attached hydrogen (secondary N) is 5. The molecule has 5 aromatic carbocycles. The van der Waals surface area contributed by atoms with E-state index in [0.717, 1.165) is 39.4 Å². The molecule has 1 fully saturated rings. The summed E-state index contributed by atoms with van der Waals surface area (Å²) in [5.74, 6) is -3.06. The molecule has 1 saturated carbocycles. The summed E-state index contributed by atoms with van der Waals surface area (Å²) in [6, 6.07) is 33.3. The Hall–Kier alpha value is -8.46. The van der Waals surface area contributed by atoms with E-state index in [1.807, 2.05) is 68.5 Å². The number of nitrogens with zero attached hydrogens (tertiary/aromatic N) is 2. The number of aromatic carboxylic acids is 2. The van der Waals surface area contributed by atoms with Crippen molar-refractivity contribution >= 4 is 93.2 Å². The van der Waals surface area contributed by atoms with Crippen molar-refractivity contribution in [3.05, 3.63) is 148 Å². The van der Waals surface area contributed by atoms with Crippen LogP contribution in [0.2, 0.25) is 0 Å². The van der Waals surface area contributed by atoms with Crippen molar-refractivity contribution < 1.29 is 43.7 Å². The number of amides is 3. The predicted molar refractivity (Wildman–Crippen MR) is 246 cm³/mol. The molecule has 0 bridgehead atoms. The molecule has 2 heterocycles. The van der Waals surface area contributed by atoms with Crippen LogP contribution < -0.4 is 25.0 Å². The smallest absolute Gasteiger partial charge is 0.337 e. The Bertz CT molecular complexity index is 3170. The molecule has 0 aliphatic heterocycles. The van der Waals surface area contributed by atoms with Gasteiger partial charge in [0.25, 0.3) is 5.91 Å². The molecule has 3 amide bonds. The molecular formula is C49H39AsN7O9. The Kier molecular flexibility index (Phi) is 13.5. The second-order valence-corrected chi connectivity index (χ2v) is 17.8. The number of carbonyl (C=O) groups is 6. The number of carbonyl (C=O) groups excluding carboxylic acids is 4. The molecule has 17 heteroatoms. The minimum absolute atomic E-state index is 0.0639. The van der Waals surface area contributed by atoms with Crippen LogP contribution in [0.4, 0.5) is 17.1 Å². The Labute approximate surface area is 383 Å². The fourth-order valence-electron chi connectivity index (χ4n) is 6.81. The minimum Gasteiger partial charge on any atom is -0.494 e. The number of hydrogen-bond acceptors (Lipinski definition) is 9. The number of carboxylic acid groups (broad SMARTS) is 2. The zero-order valence-electron chi connectivity index (χ0n) is 35.3. The summed E-state index contributed by atoms with van der Waals surface area (Å²) in [7, 11) is 0. The van der Waals surface area contributed by atoms with E-state index in [1.54, 1.807) is 30.3 Å². The third-order valence-electron chi connectivity index (χ3n) is 10.6. The van der Waals surface area contributed by atoms with E-state index < -0.39 is 39.5 Å². The van der Waals surface area contributed by atoms with E-state index in [-0.39, 0.29) is 67.3 Å². The van der Waals surface area contributed by atoms with Gasteiger partial charge in [0.05, 0.1) is 47.1 Å². The van der Waals surface area contributed by atoms with Gasteiger partial charge in [-0.15, -0.1) is 0 Å². The maximum absolute atomic E-state index is 12.9. The monoisotopic (exact) mass is 944 g/mol. The second kappa shape index (κ2) is 19.5. The summed E-state index contributed by atoms with van der Waals surface area (Å²) in [5.41, 5.74) is 3.09. The third-order valence-corrected chi connectivity index (χ3v) is 13.5. The first-order chi connectivity index (χ1) is 31.7. The van der Waals surface area contributed by atoms with Gasteiger partial charge in [0, 0.05) is 5.39 Å². The van der Waals surface area contributed by atoms with Crippen LogP contribution in [0, 0.1) is 28.1 Å². The molecule has 16 nitrogen and oxygen atoms in total. The van der Waals surface area contributed by atoms with Crippen molar-refractivity contribution in [2.24, 2.45) is 5.41 Å². The van der Waals surface area contributed by atoms with Gasteiger partial charge in [-0.3, -0.25) is 9.59 Å². The fourth-order valence-corrected chi connectivity index (χ4v) is 9.27. The maximum atomic E-state index is 12.9. The molecular weight excluding hydrogens is 906 g/mol. The number of fused-ring (bicyclic) bond motifs is 2. The molecule has 7 N–H and O–H groups in total. The van der Waals surface area contributed by atoms with Crippen LogP contribution in [0.5, 0.6) is 5.75 Å². The van der Waals surface area contributed by atoms with Crippen LogP contribution in [-0.4, -0.2) is 76.8 Å². The molecule has 0 unspecified atom stereocenters. The van der Waals surface area contributed by atoms with Crippen molar-refractivity contribution in [2.45, 2.75) is 33.1 Å². The maximum Gasteiger partial charge on any atom is 0.337 e. The summed E-state index contributed by atoms with van der Waals surface area (Å²) in [6.07, 6.45) is 2.03. The number of aromatic amines is 2. The SMILES string of the molecule is CC1(C(=O)[As]c2cccc3cc(C(=O)Nc4ccc(C#N)cc4C(=O)O)[nH]c23)CC1.CCOc1ccc(CC(=O)Nc2cccc3cc(C(=O)Nc4ccc(C#N)cc4C(=O)O)[nH]c23)cc1. The van der Waals surface area contributed by atoms with Gasteiger partial charge < -0.3 is 25.5 Å². The molecule has 8 rings (SSSR count). The number of carboxylic acids is 2. The van der Waals surface area contributed by atoms with E-state index in [0.29, 0.717) is 23.2 Å². The number of aromatic nitrogens is 2. The van der Waals surface area contributed by atoms with E-state index in [2.05, 4.69) is 25.9 Å². The van der Waals surface area contributed by atoms with Gasteiger partial charge in [0.1, 0.15) is 11.4 Å². The molecule has 1 radical (unpaired) electrons. The zero-order chi connectivity index (χ0) is 47.1. The first-order valence-electron chi connectivity index (χ1n) is 20.4. The van der Waals surface area contributed by atoms with Crippen molar-refractivity contribution in [2.75, 3.05) is 22.6 Å². The number of nitriles is 2. The van der Waals surface area contributed by atoms with Gasteiger partial charge in [-0.25, -0.2) is 4.79 Å². The predicted octanol–water partition coefficient (Wildman–Crippen LogP) is 7.22. The van der Waals surface area contributed by atoms with E-state index in [9.17, 15) is 39.0 Å². The van der Waals surface area contributed by atoms with Crippen LogP contribution in [0.15, 0.2) is 109 Å². The first-order valence-corrected chi connectivity index (χ1v) is 22.2. The Morgan fingerprint density at radius 3 is 1.73 bits per heavy atom. The quantitative estimate of drug-likeness (QED) is 0.0535. The number of H-pyrrole nitrogens is 2. The minimum atomic E-state index is -1.27. The summed E-state index contributed by atoms with van der Waals surface area (Å²) in [5, 5.41) is 46.3. The number of ether oxygens (including phenoxy) is 1. The molecule has 2 aromatic heterocycles. The van der Waals surface area contributed by atoms with Gasteiger partial charge in [-0.05, 0) is 55.0 Å². The third kappa shape index (κ3) is 10.5. The van der Waals surface area contributed by atoms with Crippen LogP contribution >= 0.6 is 0 Å². The van der Waals surface area contributed by atoms with Gasteiger partial charge in [-0.1, -0.05) is 24.3 Å². The summed E-state index contributed by atoms with van der Waals surface area (Å²) in [6.45, 7) is 4.46. The molecule has 1 aliphatic rings. The molecule has 329 valence electrons. The topological polar surface area (TPSA) is 267 Å². The largest absolute Gasteiger partial charge is 0.494 e. The summed E-state index contributed by atoms with van der Waals surface area (Å²) >= 11 is -0.681. The number of hydrogen-bond donors (Lipinski definition) is 7. The average Bonchev–Trinajstić information content (AvgIpc) is 3.67. The van der Waals surface area contributed by atoms with E-state index in [1.165, 1.54) is 36.4 Å². The van der Waals surface area contributed by atoms with Crippen LogP contribution in [0.25, 0.3) is 21.8 Å².